The van der Waals surface area contributed by atoms with E-state index in [0.29, 0.717) is 24.5 Å². The highest BCUT2D eigenvalue weighted by Gasteiger charge is 2.20. The molecule has 0 aliphatic carbocycles. The first-order chi connectivity index (χ1) is 16.0. The fourth-order valence-electron chi connectivity index (χ4n) is 3.61. The van der Waals surface area contributed by atoms with Crippen molar-refractivity contribution in [3.05, 3.63) is 54.1 Å². The van der Waals surface area contributed by atoms with Crippen LogP contribution in [0, 0.1) is 0 Å². The number of anilines is 1. The Morgan fingerprint density at radius 1 is 1.03 bits per heavy atom. The van der Waals surface area contributed by atoms with Gasteiger partial charge in [0.1, 0.15) is 5.75 Å². The molecule has 2 aromatic carbocycles. The number of unbranched alkanes of at least 4 members (excludes halogenated alkanes) is 4. The molecule has 1 fully saturated rings. The van der Waals surface area contributed by atoms with Crippen LogP contribution in [0.5, 0.6) is 5.75 Å². The zero-order chi connectivity index (χ0) is 23.5. The lowest BCUT2D eigenvalue weighted by atomic mass is 10.1. The van der Waals surface area contributed by atoms with Crippen LogP contribution < -0.4 is 14.8 Å². The molecule has 1 aliphatic heterocycles. The van der Waals surface area contributed by atoms with Crippen molar-refractivity contribution in [1.82, 2.24) is 4.72 Å². The summed E-state index contributed by atoms with van der Waals surface area (Å²) in [5, 5.41) is 2.79. The standard InChI is InChI=1S/C25H34N2O5S/c1-2-3-4-5-6-17-31-22-13-9-20(10-14-22)25(28)27-21-11-15-24(16-12-21)33(29,30)26-19-23-8-7-18-32-23/h9-16,23,26H,2-8,17-19H2,1H3,(H,27,28). The maximum absolute atomic E-state index is 12.5. The quantitative estimate of drug-likeness (QED) is 0.409. The number of amides is 1. The molecular formula is C25H34N2O5S. The second-order valence-corrected chi connectivity index (χ2v) is 10.0. The van der Waals surface area contributed by atoms with Crippen molar-refractivity contribution < 1.29 is 22.7 Å². The van der Waals surface area contributed by atoms with Crippen molar-refractivity contribution in [2.75, 3.05) is 25.1 Å². The smallest absolute Gasteiger partial charge is 0.255 e. The molecule has 0 spiro atoms. The van der Waals surface area contributed by atoms with Crippen LogP contribution in [0.25, 0.3) is 0 Å². The normalized spacial score (nSPS) is 16.0. The third-order valence-corrected chi connectivity index (χ3v) is 7.02. The molecule has 0 bridgehead atoms. The van der Waals surface area contributed by atoms with Crippen molar-refractivity contribution in [2.24, 2.45) is 0 Å². The number of sulfonamides is 1. The summed E-state index contributed by atoms with van der Waals surface area (Å²) < 4.78 is 38.7. The third kappa shape index (κ3) is 8.14. The van der Waals surface area contributed by atoms with Gasteiger partial charge in [-0.25, -0.2) is 13.1 Å². The van der Waals surface area contributed by atoms with Crippen LogP contribution in [0.3, 0.4) is 0 Å². The van der Waals surface area contributed by atoms with E-state index in [2.05, 4.69) is 17.0 Å². The maximum atomic E-state index is 12.5. The molecule has 0 radical (unpaired) electrons. The third-order valence-electron chi connectivity index (χ3n) is 5.58. The summed E-state index contributed by atoms with van der Waals surface area (Å²) >= 11 is 0. The molecule has 1 unspecified atom stereocenters. The van der Waals surface area contributed by atoms with Gasteiger partial charge in [-0.1, -0.05) is 32.6 Å². The average Bonchev–Trinajstić information content (AvgIpc) is 3.35. The summed E-state index contributed by atoms with van der Waals surface area (Å²) in [7, 11) is -3.62. The number of benzene rings is 2. The molecule has 8 heteroatoms. The largest absolute Gasteiger partial charge is 0.494 e. The predicted octanol–water partition coefficient (Wildman–Crippen LogP) is 4.75. The van der Waals surface area contributed by atoms with Gasteiger partial charge in [-0.3, -0.25) is 4.79 Å². The minimum Gasteiger partial charge on any atom is -0.494 e. The van der Waals surface area contributed by atoms with Crippen LogP contribution in [-0.4, -0.2) is 40.2 Å². The second kappa shape index (κ2) is 12.7. The lowest BCUT2D eigenvalue weighted by Gasteiger charge is -2.12. The van der Waals surface area contributed by atoms with Crippen LogP contribution in [0.15, 0.2) is 53.4 Å². The van der Waals surface area contributed by atoms with Crippen molar-refractivity contribution in [1.29, 1.82) is 0 Å². The molecule has 1 amide bonds. The topological polar surface area (TPSA) is 93.7 Å². The molecule has 1 heterocycles. The van der Waals surface area contributed by atoms with E-state index in [0.717, 1.165) is 25.0 Å². The Labute approximate surface area is 196 Å². The highest BCUT2D eigenvalue weighted by molar-refractivity contribution is 7.89. The molecule has 1 saturated heterocycles. The Balaban J connectivity index is 1.46. The van der Waals surface area contributed by atoms with Gasteiger partial charge in [-0.15, -0.1) is 0 Å². The van der Waals surface area contributed by atoms with Gasteiger partial charge in [0.25, 0.3) is 5.91 Å². The molecule has 3 rings (SSSR count). The van der Waals surface area contributed by atoms with Crippen LogP contribution >= 0.6 is 0 Å². The van der Waals surface area contributed by atoms with Gasteiger partial charge >= 0.3 is 0 Å². The van der Waals surface area contributed by atoms with E-state index in [1.807, 2.05) is 0 Å². The van der Waals surface area contributed by atoms with Crippen molar-refractivity contribution >= 4 is 21.6 Å². The molecular weight excluding hydrogens is 440 g/mol. The monoisotopic (exact) mass is 474 g/mol. The highest BCUT2D eigenvalue weighted by atomic mass is 32.2. The molecule has 180 valence electrons. The molecule has 2 N–H and O–H groups in total. The van der Waals surface area contributed by atoms with Gasteiger partial charge in [-0.2, -0.15) is 0 Å². The minimum atomic E-state index is -3.62. The van der Waals surface area contributed by atoms with E-state index in [1.54, 1.807) is 36.4 Å². The summed E-state index contributed by atoms with van der Waals surface area (Å²) in [6, 6.07) is 13.1. The van der Waals surface area contributed by atoms with Gasteiger partial charge in [0.2, 0.25) is 10.0 Å². The molecule has 7 nitrogen and oxygen atoms in total. The zero-order valence-corrected chi connectivity index (χ0v) is 20.0. The predicted molar refractivity (Wildman–Crippen MR) is 129 cm³/mol. The number of ether oxygens (including phenoxy) is 2. The van der Waals surface area contributed by atoms with Gasteiger partial charge < -0.3 is 14.8 Å². The first-order valence-corrected chi connectivity index (χ1v) is 13.2. The van der Waals surface area contributed by atoms with Gasteiger partial charge in [-0.05, 0) is 67.8 Å². The van der Waals surface area contributed by atoms with E-state index in [-0.39, 0.29) is 23.5 Å². The number of hydrogen-bond donors (Lipinski definition) is 2. The number of rotatable bonds is 13. The molecule has 1 aliphatic rings. The number of carbonyl (C=O) groups excluding carboxylic acids is 1. The average molecular weight is 475 g/mol. The zero-order valence-electron chi connectivity index (χ0n) is 19.2. The van der Waals surface area contributed by atoms with E-state index < -0.39 is 10.0 Å². The Hall–Kier alpha value is -2.42. The summed E-state index contributed by atoms with van der Waals surface area (Å²) in [6.45, 7) is 3.81. The molecule has 0 aromatic heterocycles. The summed E-state index contributed by atoms with van der Waals surface area (Å²) in [5.41, 5.74) is 1.02. The Bertz CT molecular complexity index is 969. The Kier molecular flexibility index (Phi) is 9.72. The van der Waals surface area contributed by atoms with Crippen molar-refractivity contribution in [3.8, 4) is 5.75 Å². The number of carbonyl (C=O) groups is 1. The summed E-state index contributed by atoms with van der Waals surface area (Å²) in [5.74, 6) is 0.473. The van der Waals surface area contributed by atoms with Gasteiger partial charge in [0.05, 0.1) is 17.6 Å². The van der Waals surface area contributed by atoms with Crippen LogP contribution in [0.4, 0.5) is 5.69 Å². The van der Waals surface area contributed by atoms with E-state index in [9.17, 15) is 13.2 Å². The second-order valence-electron chi connectivity index (χ2n) is 8.25. The molecule has 2 aromatic rings. The van der Waals surface area contributed by atoms with E-state index >= 15 is 0 Å². The summed E-state index contributed by atoms with van der Waals surface area (Å²) in [4.78, 5) is 12.7. The molecule has 1 atom stereocenters. The minimum absolute atomic E-state index is 0.0686. The van der Waals surface area contributed by atoms with Crippen LogP contribution in [0.1, 0.15) is 62.2 Å². The Morgan fingerprint density at radius 2 is 1.76 bits per heavy atom. The van der Waals surface area contributed by atoms with E-state index in [4.69, 9.17) is 9.47 Å². The number of nitrogens with one attached hydrogen (secondary N) is 2. The lowest BCUT2D eigenvalue weighted by molar-refractivity contribution is 0.102. The first-order valence-electron chi connectivity index (χ1n) is 11.7. The fraction of sp³-hybridized carbons (Fsp3) is 0.480. The van der Waals surface area contributed by atoms with Gasteiger partial charge in [0, 0.05) is 24.4 Å². The van der Waals surface area contributed by atoms with Crippen LogP contribution in [-0.2, 0) is 14.8 Å². The van der Waals surface area contributed by atoms with Crippen LogP contribution in [0.2, 0.25) is 0 Å². The SMILES string of the molecule is CCCCCCCOc1ccc(C(=O)Nc2ccc(S(=O)(=O)NCC3CCCO3)cc2)cc1. The fourth-order valence-corrected chi connectivity index (χ4v) is 4.68. The van der Waals surface area contributed by atoms with Crippen molar-refractivity contribution in [2.45, 2.75) is 62.9 Å². The lowest BCUT2D eigenvalue weighted by Crippen LogP contribution is -2.31. The molecule has 33 heavy (non-hydrogen) atoms. The van der Waals surface area contributed by atoms with E-state index in [1.165, 1.54) is 37.8 Å². The summed E-state index contributed by atoms with van der Waals surface area (Å²) in [6.07, 6.45) is 7.65. The Morgan fingerprint density at radius 3 is 2.42 bits per heavy atom. The number of hydrogen-bond acceptors (Lipinski definition) is 5. The highest BCUT2D eigenvalue weighted by Crippen LogP contribution is 2.18. The maximum Gasteiger partial charge on any atom is 0.255 e. The first kappa shape index (κ1) is 25.2. The molecule has 0 saturated carbocycles. The van der Waals surface area contributed by atoms with Crippen molar-refractivity contribution in [3.63, 3.8) is 0 Å². The van der Waals surface area contributed by atoms with Gasteiger partial charge in [0.15, 0.2) is 0 Å².